The van der Waals surface area contributed by atoms with Gasteiger partial charge >= 0.3 is 0 Å². The van der Waals surface area contributed by atoms with Crippen LogP contribution in [0.4, 0.5) is 0 Å². The van der Waals surface area contributed by atoms with E-state index in [0.29, 0.717) is 19.3 Å². The molecule has 128 valence electrons. The van der Waals surface area contributed by atoms with Crippen LogP contribution in [0.5, 0.6) is 11.5 Å². The number of hydrogen-bond donors (Lipinski definition) is 1. The van der Waals surface area contributed by atoms with Gasteiger partial charge in [-0.15, -0.1) is 0 Å². The van der Waals surface area contributed by atoms with Gasteiger partial charge in [0.1, 0.15) is 32.4 Å². The molecule has 24 heavy (non-hydrogen) atoms. The maximum absolute atomic E-state index is 5.91. The lowest BCUT2D eigenvalue weighted by molar-refractivity contribution is -0.661. The summed E-state index contributed by atoms with van der Waals surface area (Å²) in [6, 6.07) is 18.0. The van der Waals surface area contributed by atoms with E-state index in [1.807, 2.05) is 42.5 Å². The zero-order valence-corrected chi connectivity index (χ0v) is 14.0. The topological polar surface area (TPSA) is 44.3 Å². The van der Waals surface area contributed by atoms with Crippen molar-refractivity contribution < 1.29 is 19.5 Å². The molecule has 2 aromatic rings. The van der Waals surface area contributed by atoms with E-state index in [-0.39, 0.29) is 0 Å². The second-order valence-electron chi connectivity index (χ2n) is 6.02. The average molecular weight is 328 g/mol. The van der Waals surface area contributed by atoms with Crippen molar-refractivity contribution in [3.05, 3.63) is 60.2 Å². The number of ether oxygens (including phenoxy) is 3. The Balaban J connectivity index is 1.41. The fourth-order valence-electron chi connectivity index (χ4n) is 2.81. The van der Waals surface area contributed by atoms with Crippen LogP contribution < -0.4 is 14.8 Å². The average Bonchev–Trinajstić information content (AvgIpc) is 3.15. The molecule has 1 aliphatic rings. The Hall–Kier alpha value is -2.04. The van der Waals surface area contributed by atoms with Gasteiger partial charge in [0.25, 0.3) is 0 Å². The van der Waals surface area contributed by atoms with Gasteiger partial charge in [-0.25, -0.2) is 0 Å². The molecular weight excluding hydrogens is 302 g/mol. The molecule has 1 atom stereocenters. The highest BCUT2D eigenvalue weighted by atomic mass is 16.5. The van der Waals surface area contributed by atoms with Gasteiger partial charge in [-0.05, 0) is 30.5 Å². The zero-order valence-electron chi connectivity index (χ0n) is 14.0. The van der Waals surface area contributed by atoms with Crippen molar-refractivity contribution in [1.29, 1.82) is 0 Å². The minimum absolute atomic E-state index is 0.423. The molecule has 3 rings (SSSR count). The van der Waals surface area contributed by atoms with Crippen LogP contribution in [0.2, 0.25) is 0 Å². The van der Waals surface area contributed by atoms with Crippen LogP contribution in [-0.2, 0) is 11.3 Å². The van der Waals surface area contributed by atoms with Gasteiger partial charge in [-0.3, -0.25) is 0 Å². The molecule has 0 saturated carbocycles. The Morgan fingerprint density at radius 2 is 1.71 bits per heavy atom. The minimum Gasteiger partial charge on any atom is -0.485 e. The van der Waals surface area contributed by atoms with E-state index >= 15 is 0 Å². The lowest BCUT2D eigenvalue weighted by atomic mass is 10.2. The molecular formula is C20H26NO3+. The second-order valence-corrected chi connectivity index (χ2v) is 6.02. The molecule has 2 aromatic carbocycles. The SMILES string of the molecule is c1ccc(COc2ccccc2OCC[NH2+]C[C@H]2CCCO2)cc1. The Morgan fingerprint density at radius 1 is 0.958 bits per heavy atom. The first-order chi connectivity index (χ1) is 11.9. The summed E-state index contributed by atoms with van der Waals surface area (Å²) < 4.78 is 17.4. The summed E-state index contributed by atoms with van der Waals surface area (Å²) in [5.41, 5.74) is 1.15. The summed E-state index contributed by atoms with van der Waals surface area (Å²) in [4.78, 5) is 0. The molecule has 0 aromatic heterocycles. The van der Waals surface area contributed by atoms with Crippen LogP contribution in [0.1, 0.15) is 18.4 Å². The van der Waals surface area contributed by atoms with E-state index in [1.54, 1.807) is 0 Å². The maximum Gasteiger partial charge on any atom is 0.161 e. The highest BCUT2D eigenvalue weighted by molar-refractivity contribution is 5.39. The van der Waals surface area contributed by atoms with Crippen LogP contribution in [0, 0.1) is 0 Å². The summed E-state index contributed by atoms with van der Waals surface area (Å²) in [5, 5.41) is 2.27. The molecule has 0 amide bonds. The molecule has 4 heteroatoms. The predicted octanol–water partition coefficient (Wildman–Crippen LogP) is 2.39. The van der Waals surface area contributed by atoms with Crippen molar-refractivity contribution >= 4 is 0 Å². The standard InChI is InChI=1S/C20H25NO3/c1-2-7-17(8-3-1)16-24-20-11-5-4-10-19(20)23-14-12-21-15-18-9-6-13-22-18/h1-5,7-8,10-11,18,21H,6,9,12-16H2/p+1/t18-/m1/s1. The van der Waals surface area contributed by atoms with Crippen LogP contribution in [0.15, 0.2) is 54.6 Å². The van der Waals surface area contributed by atoms with E-state index in [2.05, 4.69) is 17.4 Å². The van der Waals surface area contributed by atoms with Gasteiger partial charge in [0.2, 0.25) is 0 Å². The van der Waals surface area contributed by atoms with E-state index in [1.165, 1.54) is 12.8 Å². The normalized spacial score (nSPS) is 16.9. The van der Waals surface area contributed by atoms with E-state index in [0.717, 1.165) is 36.8 Å². The monoisotopic (exact) mass is 328 g/mol. The van der Waals surface area contributed by atoms with Gasteiger partial charge < -0.3 is 19.5 Å². The third-order valence-corrected chi connectivity index (χ3v) is 4.12. The first kappa shape index (κ1) is 16.8. The second kappa shape index (κ2) is 9.30. The van der Waals surface area contributed by atoms with Gasteiger partial charge in [0, 0.05) is 6.61 Å². The van der Waals surface area contributed by atoms with Crippen molar-refractivity contribution in [3.8, 4) is 11.5 Å². The Kier molecular flexibility index (Phi) is 6.51. The molecule has 2 N–H and O–H groups in total. The quantitative estimate of drug-likeness (QED) is 0.719. The fraction of sp³-hybridized carbons (Fsp3) is 0.400. The van der Waals surface area contributed by atoms with E-state index in [4.69, 9.17) is 14.2 Å². The predicted molar refractivity (Wildman–Crippen MR) is 93.3 cm³/mol. The van der Waals surface area contributed by atoms with Crippen molar-refractivity contribution in [2.75, 3.05) is 26.3 Å². The molecule has 1 aliphatic heterocycles. The molecule has 1 fully saturated rings. The third-order valence-electron chi connectivity index (χ3n) is 4.12. The highest BCUT2D eigenvalue weighted by Crippen LogP contribution is 2.27. The summed E-state index contributed by atoms with van der Waals surface area (Å²) >= 11 is 0. The molecule has 1 heterocycles. The van der Waals surface area contributed by atoms with Crippen molar-refractivity contribution in [2.24, 2.45) is 0 Å². The van der Waals surface area contributed by atoms with Crippen LogP contribution >= 0.6 is 0 Å². The lowest BCUT2D eigenvalue weighted by Gasteiger charge is -2.13. The van der Waals surface area contributed by atoms with Crippen LogP contribution in [0.25, 0.3) is 0 Å². The van der Waals surface area contributed by atoms with Crippen molar-refractivity contribution in [2.45, 2.75) is 25.6 Å². The fourth-order valence-corrected chi connectivity index (χ4v) is 2.81. The highest BCUT2D eigenvalue weighted by Gasteiger charge is 2.16. The van der Waals surface area contributed by atoms with Gasteiger partial charge in [-0.1, -0.05) is 42.5 Å². The summed E-state index contributed by atoms with van der Waals surface area (Å²) in [6.45, 7) is 4.08. The van der Waals surface area contributed by atoms with Crippen molar-refractivity contribution in [1.82, 2.24) is 0 Å². The summed E-state index contributed by atoms with van der Waals surface area (Å²) in [6.07, 6.45) is 2.81. The molecule has 4 nitrogen and oxygen atoms in total. The van der Waals surface area contributed by atoms with E-state index < -0.39 is 0 Å². The summed E-state index contributed by atoms with van der Waals surface area (Å²) in [5.74, 6) is 1.60. The number of hydrogen-bond acceptors (Lipinski definition) is 3. The number of rotatable bonds is 9. The van der Waals surface area contributed by atoms with Gasteiger partial charge in [0.15, 0.2) is 11.5 Å². The van der Waals surface area contributed by atoms with Gasteiger partial charge in [-0.2, -0.15) is 0 Å². The first-order valence-electron chi connectivity index (χ1n) is 8.73. The Morgan fingerprint density at radius 3 is 2.46 bits per heavy atom. The Labute approximate surface area is 143 Å². The van der Waals surface area contributed by atoms with E-state index in [9.17, 15) is 0 Å². The van der Waals surface area contributed by atoms with Crippen molar-refractivity contribution in [3.63, 3.8) is 0 Å². The molecule has 0 radical (unpaired) electrons. The zero-order chi connectivity index (χ0) is 16.5. The largest absolute Gasteiger partial charge is 0.485 e. The van der Waals surface area contributed by atoms with Crippen LogP contribution in [0.3, 0.4) is 0 Å². The molecule has 0 unspecified atom stereocenters. The number of benzene rings is 2. The first-order valence-corrected chi connectivity index (χ1v) is 8.73. The summed E-state index contributed by atoms with van der Waals surface area (Å²) in [7, 11) is 0. The maximum atomic E-state index is 5.91. The molecule has 0 aliphatic carbocycles. The molecule has 1 saturated heterocycles. The third kappa shape index (κ3) is 5.25. The number of nitrogens with two attached hydrogens (primary N) is 1. The smallest absolute Gasteiger partial charge is 0.161 e. The van der Waals surface area contributed by atoms with Gasteiger partial charge in [0.05, 0.1) is 0 Å². The Bertz CT molecular complexity index is 597. The number of quaternary nitrogens is 1. The molecule has 0 bridgehead atoms. The van der Waals surface area contributed by atoms with Crippen LogP contribution in [-0.4, -0.2) is 32.4 Å². The lowest BCUT2D eigenvalue weighted by Crippen LogP contribution is -2.87. The minimum atomic E-state index is 0.423. The number of para-hydroxylation sites is 2. The molecule has 0 spiro atoms.